The van der Waals surface area contributed by atoms with E-state index in [-0.39, 0.29) is 18.6 Å². The zero-order valence-electron chi connectivity index (χ0n) is 24.2. The summed E-state index contributed by atoms with van der Waals surface area (Å²) in [5.41, 5.74) is 2.71. The Kier molecular flexibility index (Phi) is 12.5. The highest BCUT2D eigenvalue weighted by molar-refractivity contribution is 8.03. The molecule has 45 heavy (non-hydrogen) atoms. The van der Waals surface area contributed by atoms with Gasteiger partial charge in [-0.1, -0.05) is 59.3 Å². The SMILES string of the molecule is CCC(=Cc1sc2ccc(Cl)cc2[n+]1CCCS(=O)(=O)[O-])C=C1Sc2ccc(Cl)cc2N1CCCS(=O)(=O)O.c1ccncc1. The lowest BCUT2D eigenvalue weighted by Gasteiger charge is -2.20. The van der Waals surface area contributed by atoms with E-state index in [1.54, 1.807) is 36.3 Å². The quantitative estimate of drug-likeness (QED) is 0.128. The molecule has 0 radical (unpaired) electrons. The number of pyridine rings is 1. The van der Waals surface area contributed by atoms with Gasteiger partial charge in [-0.25, -0.2) is 8.42 Å². The number of allylic oxidation sites excluding steroid dienone is 2. The summed E-state index contributed by atoms with van der Waals surface area (Å²) in [7, 11) is -8.41. The highest BCUT2D eigenvalue weighted by Crippen LogP contribution is 2.47. The van der Waals surface area contributed by atoms with E-state index < -0.39 is 26.0 Å². The van der Waals surface area contributed by atoms with E-state index in [1.807, 2.05) is 71.0 Å². The predicted molar refractivity (Wildman–Crippen MR) is 182 cm³/mol. The number of nitrogens with zero attached hydrogens (tertiary/aromatic N) is 3. The van der Waals surface area contributed by atoms with Gasteiger partial charge < -0.3 is 9.45 Å². The molecule has 0 aliphatic carbocycles. The van der Waals surface area contributed by atoms with Crippen molar-refractivity contribution in [3.8, 4) is 0 Å². The molecule has 0 saturated carbocycles. The lowest BCUT2D eigenvalue weighted by molar-refractivity contribution is -0.668. The summed E-state index contributed by atoms with van der Waals surface area (Å²) >= 11 is 15.6. The van der Waals surface area contributed by atoms with Crippen LogP contribution >= 0.6 is 46.3 Å². The zero-order chi connectivity index (χ0) is 32.6. The van der Waals surface area contributed by atoms with Gasteiger partial charge in [0, 0.05) is 58.2 Å². The number of hydrogen-bond donors (Lipinski definition) is 1. The number of benzene rings is 2. The van der Waals surface area contributed by atoms with Gasteiger partial charge in [0.1, 0.15) is 4.70 Å². The molecule has 0 saturated heterocycles. The number of rotatable bonds is 11. The maximum absolute atomic E-state index is 11.3. The van der Waals surface area contributed by atoms with Crippen LogP contribution in [0.4, 0.5) is 5.69 Å². The van der Waals surface area contributed by atoms with Crippen LogP contribution in [0.15, 0.2) is 88.6 Å². The Hall–Kier alpha value is -2.49. The molecular weight excluding hydrogens is 698 g/mol. The van der Waals surface area contributed by atoms with Crippen molar-refractivity contribution < 1.29 is 30.5 Å². The fourth-order valence-electron chi connectivity index (χ4n) is 4.50. The fourth-order valence-corrected chi connectivity index (χ4v) is 8.10. The first-order valence-corrected chi connectivity index (χ1v) is 19.4. The predicted octanol–water partition coefficient (Wildman–Crippen LogP) is 7.04. The van der Waals surface area contributed by atoms with Crippen molar-refractivity contribution in [1.29, 1.82) is 0 Å². The number of hydrogen-bond acceptors (Lipinski definition) is 9. The molecule has 0 spiro atoms. The summed E-state index contributed by atoms with van der Waals surface area (Å²) in [4.78, 5) is 6.77. The first-order chi connectivity index (χ1) is 21.3. The lowest BCUT2D eigenvalue weighted by Crippen LogP contribution is -2.36. The van der Waals surface area contributed by atoms with E-state index in [9.17, 15) is 25.9 Å². The number of aryl methyl sites for hydroxylation is 1. The van der Waals surface area contributed by atoms with E-state index in [0.717, 1.165) is 36.4 Å². The Morgan fingerprint density at radius 2 is 1.73 bits per heavy atom. The van der Waals surface area contributed by atoms with Crippen LogP contribution in [0, 0.1) is 0 Å². The maximum Gasteiger partial charge on any atom is 0.264 e. The van der Waals surface area contributed by atoms with Crippen molar-refractivity contribution >= 4 is 88.5 Å². The molecule has 1 aliphatic rings. The Balaban J connectivity index is 0.000000687. The maximum atomic E-state index is 11.3. The van der Waals surface area contributed by atoms with Crippen molar-refractivity contribution in [2.45, 2.75) is 37.6 Å². The zero-order valence-corrected chi connectivity index (χ0v) is 29.0. The number of halogens is 2. The van der Waals surface area contributed by atoms with Crippen LogP contribution in [0.1, 0.15) is 31.2 Å². The largest absolute Gasteiger partial charge is 0.748 e. The molecule has 0 unspecified atom stereocenters. The minimum atomic E-state index is -4.33. The lowest BCUT2D eigenvalue weighted by atomic mass is 10.2. The Morgan fingerprint density at radius 1 is 1.02 bits per heavy atom. The average Bonchev–Trinajstić information content (AvgIpc) is 3.49. The average molecular weight is 729 g/mol. The van der Waals surface area contributed by atoms with Crippen LogP contribution in [-0.2, 0) is 26.8 Å². The number of thiazole rings is 1. The van der Waals surface area contributed by atoms with Gasteiger partial charge in [0.2, 0.25) is 5.52 Å². The monoisotopic (exact) mass is 727 g/mol. The Labute approximate surface area is 281 Å². The molecule has 1 N–H and O–H groups in total. The van der Waals surface area contributed by atoms with Crippen LogP contribution in [0.5, 0.6) is 0 Å². The van der Waals surface area contributed by atoms with E-state index in [0.29, 0.717) is 29.6 Å². The van der Waals surface area contributed by atoms with Crippen LogP contribution in [-0.4, -0.2) is 49.0 Å². The van der Waals surface area contributed by atoms with Gasteiger partial charge >= 0.3 is 0 Å². The van der Waals surface area contributed by atoms with E-state index >= 15 is 0 Å². The molecular formula is C30H31Cl2N3O6S4. The third-order valence-electron chi connectivity index (χ3n) is 6.54. The summed E-state index contributed by atoms with van der Waals surface area (Å²) < 4.78 is 68.3. The van der Waals surface area contributed by atoms with Crippen molar-refractivity contribution in [3.63, 3.8) is 0 Å². The molecule has 3 heterocycles. The van der Waals surface area contributed by atoms with Gasteiger partial charge in [0.15, 0.2) is 6.54 Å². The molecule has 15 heteroatoms. The second-order valence-electron chi connectivity index (χ2n) is 9.90. The molecule has 240 valence electrons. The van der Waals surface area contributed by atoms with Gasteiger partial charge in [-0.3, -0.25) is 9.54 Å². The van der Waals surface area contributed by atoms with E-state index in [2.05, 4.69) is 4.98 Å². The third-order valence-corrected chi connectivity index (χ3v) is 10.8. The van der Waals surface area contributed by atoms with Gasteiger partial charge in [-0.05, 0) is 67.0 Å². The number of aromatic nitrogens is 2. The Morgan fingerprint density at radius 3 is 2.36 bits per heavy atom. The van der Waals surface area contributed by atoms with Gasteiger partial charge in [0.05, 0.1) is 26.6 Å². The molecule has 5 rings (SSSR count). The third kappa shape index (κ3) is 10.8. The molecule has 0 fully saturated rings. The van der Waals surface area contributed by atoms with E-state index in [1.165, 1.54) is 11.3 Å². The van der Waals surface area contributed by atoms with Crippen LogP contribution in [0.25, 0.3) is 16.3 Å². The van der Waals surface area contributed by atoms with Gasteiger partial charge in [-0.2, -0.15) is 13.0 Å². The van der Waals surface area contributed by atoms with Crippen LogP contribution < -0.4 is 9.47 Å². The molecule has 0 amide bonds. The van der Waals surface area contributed by atoms with Crippen molar-refractivity contribution in [2.75, 3.05) is 23.0 Å². The summed E-state index contributed by atoms with van der Waals surface area (Å²) in [6, 6.07) is 16.8. The minimum absolute atomic E-state index is 0.172. The molecule has 0 bridgehead atoms. The van der Waals surface area contributed by atoms with Crippen molar-refractivity contribution in [3.05, 3.63) is 98.7 Å². The number of anilines is 1. The summed E-state index contributed by atoms with van der Waals surface area (Å²) in [6.07, 6.45) is 8.66. The van der Waals surface area contributed by atoms with Crippen LogP contribution in [0.2, 0.25) is 10.0 Å². The van der Waals surface area contributed by atoms with Gasteiger partial charge in [0.25, 0.3) is 15.1 Å². The summed E-state index contributed by atoms with van der Waals surface area (Å²) in [5.74, 6) is -0.807. The smallest absolute Gasteiger partial charge is 0.264 e. The summed E-state index contributed by atoms with van der Waals surface area (Å²) in [5, 5.41) is 2.89. The Bertz CT molecular complexity index is 1890. The first kappa shape index (κ1) is 35.4. The molecule has 2 aromatic carbocycles. The second kappa shape index (κ2) is 15.9. The standard InChI is InChI=1S/C25H26Cl2N2O6S4.C5H5N/c1-2-17(13-24-28(9-3-11-38(30,31)32)20-15-18(26)5-7-22(20)36-24)14-25-29(10-4-12-39(33,34)35)21-16-19(27)6-8-23(21)37-25;1-2-4-6-5-3-1/h5-8,13-16H,2-4,9-12H2,1H3,(H-,30,31,32,33,34,35);1-5H. The molecule has 0 atom stereocenters. The normalized spacial score (nSPS) is 14.5. The molecule has 1 aliphatic heterocycles. The number of thioether (sulfide) groups is 1. The fraction of sp³-hybridized carbons (Fsp3) is 0.267. The highest BCUT2D eigenvalue weighted by Gasteiger charge is 2.26. The topological polar surface area (TPSA) is 132 Å². The van der Waals surface area contributed by atoms with Crippen molar-refractivity contribution in [2.24, 2.45) is 0 Å². The molecule has 9 nitrogen and oxygen atoms in total. The summed E-state index contributed by atoms with van der Waals surface area (Å²) in [6.45, 7) is 2.73. The number of fused-ring (bicyclic) bond motifs is 2. The van der Waals surface area contributed by atoms with Crippen molar-refractivity contribution in [1.82, 2.24) is 4.98 Å². The molecule has 4 aromatic rings. The minimum Gasteiger partial charge on any atom is -0.748 e. The van der Waals surface area contributed by atoms with E-state index in [4.69, 9.17) is 23.2 Å². The van der Waals surface area contributed by atoms with Gasteiger partial charge in [-0.15, -0.1) is 0 Å². The first-order valence-electron chi connectivity index (χ1n) is 13.9. The second-order valence-corrected chi connectivity index (χ2v) is 16.0. The highest BCUT2D eigenvalue weighted by atomic mass is 35.5. The molecule has 2 aromatic heterocycles. The van der Waals surface area contributed by atoms with Crippen LogP contribution in [0.3, 0.4) is 0 Å².